The Morgan fingerprint density at radius 2 is 1.76 bits per heavy atom. The first-order valence-electron chi connectivity index (χ1n) is 7.29. The van der Waals surface area contributed by atoms with Crippen LogP contribution < -0.4 is 15.4 Å². The van der Waals surface area contributed by atoms with Crippen molar-refractivity contribution < 1.29 is 21.6 Å². The molecule has 0 aliphatic rings. The Morgan fingerprint density at radius 1 is 1.16 bits per heavy atom. The van der Waals surface area contributed by atoms with Gasteiger partial charge in [0, 0.05) is 13.1 Å². The molecular weight excluding hydrogens is 472 g/mol. The second-order valence-corrected chi connectivity index (χ2v) is 6.73. The van der Waals surface area contributed by atoms with E-state index < -0.39 is 22.6 Å². The third-order valence-electron chi connectivity index (χ3n) is 2.97. The van der Waals surface area contributed by atoms with E-state index in [1.54, 1.807) is 19.1 Å². The summed E-state index contributed by atoms with van der Waals surface area (Å²) in [6, 6.07) is 6.10. The smallest absolute Gasteiger partial charge is 0.357 e. The second-order valence-electron chi connectivity index (χ2n) is 4.84. The van der Waals surface area contributed by atoms with Gasteiger partial charge in [0.1, 0.15) is 0 Å². The summed E-state index contributed by atoms with van der Waals surface area (Å²) in [4.78, 5) is 4.31. The number of aliphatic imine (C=N–C) groups is 1. The van der Waals surface area contributed by atoms with Crippen LogP contribution in [-0.2, 0) is 16.6 Å². The van der Waals surface area contributed by atoms with E-state index in [1.807, 2.05) is 0 Å². The van der Waals surface area contributed by atoms with E-state index in [1.165, 1.54) is 19.2 Å². The van der Waals surface area contributed by atoms with Crippen LogP contribution in [0.5, 0.6) is 0 Å². The molecule has 0 saturated carbocycles. The number of alkyl halides is 3. The lowest BCUT2D eigenvalue weighted by atomic mass is 10.2. The summed E-state index contributed by atoms with van der Waals surface area (Å²) >= 11 is 0. The molecule has 0 heterocycles. The minimum absolute atomic E-state index is 0. The van der Waals surface area contributed by atoms with Crippen LogP contribution in [0.2, 0.25) is 0 Å². The monoisotopic (exact) mass is 494 g/mol. The van der Waals surface area contributed by atoms with Crippen LogP contribution in [0, 0.1) is 0 Å². The van der Waals surface area contributed by atoms with Crippen molar-refractivity contribution in [2.75, 3.05) is 20.1 Å². The Balaban J connectivity index is 0.00000576. The van der Waals surface area contributed by atoms with E-state index in [-0.39, 0.29) is 47.9 Å². The van der Waals surface area contributed by atoms with Gasteiger partial charge in [-0.05, 0) is 31.7 Å². The van der Waals surface area contributed by atoms with Gasteiger partial charge < -0.3 is 10.6 Å². The highest BCUT2D eigenvalue weighted by Crippen LogP contribution is 2.18. The van der Waals surface area contributed by atoms with Crippen molar-refractivity contribution in [2.45, 2.75) is 31.0 Å². The van der Waals surface area contributed by atoms with Gasteiger partial charge in [-0.25, -0.2) is 18.1 Å². The fraction of sp³-hybridized carbons (Fsp3) is 0.500. The Kier molecular flexibility index (Phi) is 10.3. The zero-order valence-electron chi connectivity index (χ0n) is 13.9. The normalized spacial score (nSPS) is 12.4. The molecule has 25 heavy (non-hydrogen) atoms. The summed E-state index contributed by atoms with van der Waals surface area (Å²) < 4.78 is 61.9. The predicted molar refractivity (Wildman–Crippen MR) is 102 cm³/mol. The van der Waals surface area contributed by atoms with Gasteiger partial charge in [-0.15, -0.1) is 24.0 Å². The van der Waals surface area contributed by atoms with Crippen molar-refractivity contribution in [3.63, 3.8) is 0 Å². The molecule has 0 amide bonds. The van der Waals surface area contributed by atoms with Crippen molar-refractivity contribution in [3.05, 3.63) is 29.8 Å². The van der Waals surface area contributed by atoms with Crippen LogP contribution in [0.15, 0.2) is 34.2 Å². The zero-order chi connectivity index (χ0) is 18.2. The van der Waals surface area contributed by atoms with E-state index in [9.17, 15) is 21.6 Å². The van der Waals surface area contributed by atoms with Gasteiger partial charge in [-0.2, -0.15) is 13.2 Å². The number of hydrogen-bond donors (Lipinski definition) is 3. The molecule has 0 spiro atoms. The lowest BCUT2D eigenvalue weighted by molar-refractivity contribution is -0.132. The summed E-state index contributed by atoms with van der Waals surface area (Å²) in [5.74, 6) is 0.272. The molecule has 0 aliphatic carbocycles. The summed E-state index contributed by atoms with van der Waals surface area (Å²) in [7, 11) is -2.18. The lowest BCUT2D eigenvalue weighted by Gasteiger charge is -2.12. The molecule has 1 aromatic rings. The maximum absolute atomic E-state index is 12.2. The van der Waals surface area contributed by atoms with Gasteiger partial charge in [-0.3, -0.25) is 0 Å². The molecule has 11 heteroatoms. The number of hydrogen-bond acceptors (Lipinski definition) is 3. The first kappa shape index (κ1) is 23.9. The van der Waals surface area contributed by atoms with Gasteiger partial charge in [0.2, 0.25) is 10.0 Å². The number of halogens is 4. The zero-order valence-corrected chi connectivity index (χ0v) is 17.0. The molecule has 0 unspecified atom stereocenters. The predicted octanol–water partition coefficient (Wildman–Crippen LogP) is 2.22. The summed E-state index contributed by atoms with van der Waals surface area (Å²) in [5.41, 5.74) is 0.734. The molecule has 0 aliphatic heterocycles. The van der Waals surface area contributed by atoms with Gasteiger partial charge in [0.15, 0.2) is 5.96 Å². The SMILES string of the molecule is CCNC(=NCc1ccc(S(=O)(=O)NC)cc1)NCCC(F)(F)F.I. The van der Waals surface area contributed by atoms with E-state index in [0.717, 1.165) is 5.56 Å². The molecule has 0 radical (unpaired) electrons. The number of nitrogens with zero attached hydrogens (tertiary/aromatic N) is 1. The maximum Gasteiger partial charge on any atom is 0.390 e. The summed E-state index contributed by atoms with van der Waals surface area (Å²) in [6.07, 6.45) is -5.17. The fourth-order valence-electron chi connectivity index (χ4n) is 1.73. The molecule has 1 rings (SSSR count). The van der Waals surface area contributed by atoms with Crippen molar-refractivity contribution in [1.82, 2.24) is 15.4 Å². The van der Waals surface area contributed by atoms with Gasteiger partial charge in [-0.1, -0.05) is 12.1 Å². The van der Waals surface area contributed by atoms with Gasteiger partial charge in [0.05, 0.1) is 17.9 Å². The minimum atomic E-state index is -4.22. The lowest BCUT2D eigenvalue weighted by Crippen LogP contribution is -2.38. The average molecular weight is 494 g/mol. The Morgan fingerprint density at radius 3 is 2.24 bits per heavy atom. The standard InChI is InChI=1S/C14H21F3N4O2S.HI/c1-3-19-13(20-9-8-14(15,16)17)21-10-11-4-6-12(7-5-11)24(22,23)18-2;/h4-7,18H,3,8-10H2,1-2H3,(H2,19,20,21);1H. The highest BCUT2D eigenvalue weighted by atomic mass is 127. The van der Waals surface area contributed by atoms with Crippen LogP contribution >= 0.6 is 24.0 Å². The number of benzene rings is 1. The van der Waals surface area contributed by atoms with Crippen molar-refractivity contribution in [1.29, 1.82) is 0 Å². The largest absolute Gasteiger partial charge is 0.390 e. The number of rotatable bonds is 7. The van der Waals surface area contributed by atoms with Crippen LogP contribution in [0.1, 0.15) is 18.9 Å². The van der Waals surface area contributed by atoms with Crippen molar-refractivity contribution in [3.8, 4) is 0 Å². The third-order valence-corrected chi connectivity index (χ3v) is 4.40. The minimum Gasteiger partial charge on any atom is -0.357 e. The fourth-order valence-corrected chi connectivity index (χ4v) is 2.46. The van der Waals surface area contributed by atoms with Gasteiger partial charge in [0.25, 0.3) is 0 Å². The molecule has 0 saturated heterocycles. The number of guanidine groups is 1. The van der Waals surface area contributed by atoms with Gasteiger partial charge >= 0.3 is 6.18 Å². The first-order valence-corrected chi connectivity index (χ1v) is 8.77. The number of nitrogens with one attached hydrogen (secondary N) is 3. The molecule has 1 aromatic carbocycles. The van der Waals surface area contributed by atoms with Crippen molar-refractivity contribution in [2.24, 2.45) is 4.99 Å². The first-order chi connectivity index (χ1) is 11.2. The molecule has 144 valence electrons. The average Bonchev–Trinajstić information content (AvgIpc) is 2.52. The Labute approximate surface area is 162 Å². The summed E-state index contributed by atoms with van der Waals surface area (Å²) in [5, 5.41) is 5.45. The van der Waals surface area contributed by atoms with E-state index in [0.29, 0.717) is 6.54 Å². The van der Waals surface area contributed by atoms with Crippen LogP contribution in [-0.4, -0.2) is 40.7 Å². The molecule has 3 N–H and O–H groups in total. The maximum atomic E-state index is 12.2. The second kappa shape index (κ2) is 10.8. The molecule has 0 atom stereocenters. The topological polar surface area (TPSA) is 82.6 Å². The van der Waals surface area contributed by atoms with E-state index in [4.69, 9.17) is 0 Å². The molecule has 0 fully saturated rings. The quantitative estimate of drug-likeness (QED) is 0.309. The molecule has 0 bridgehead atoms. The molecule has 6 nitrogen and oxygen atoms in total. The summed E-state index contributed by atoms with van der Waals surface area (Å²) in [6.45, 7) is 2.26. The molecular formula is C14H22F3IN4O2S. The third kappa shape index (κ3) is 9.26. The Bertz CT molecular complexity index is 649. The van der Waals surface area contributed by atoms with Crippen LogP contribution in [0.3, 0.4) is 0 Å². The molecule has 0 aromatic heterocycles. The highest BCUT2D eigenvalue weighted by molar-refractivity contribution is 14.0. The van der Waals surface area contributed by atoms with E-state index >= 15 is 0 Å². The van der Waals surface area contributed by atoms with E-state index in [2.05, 4.69) is 20.3 Å². The van der Waals surface area contributed by atoms with Crippen molar-refractivity contribution >= 4 is 40.0 Å². The highest BCUT2D eigenvalue weighted by Gasteiger charge is 2.26. The Hall–Kier alpha value is -1.08. The van der Waals surface area contributed by atoms with Crippen LogP contribution in [0.25, 0.3) is 0 Å². The number of sulfonamides is 1. The van der Waals surface area contributed by atoms with Crippen LogP contribution in [0.4, 0.5) is 13.2 Å².